The number of phenols is 1. The van der Waals surface area contributed by atoms with Gasteiger partial charge in [0.15, 0.2) is 11.6 Å². The molecule has 1 N–H and O–H groups in total. The van der Waals surface area contributed by atoms with Gasteiger partial charge in [-0.05, 0) is 22.0 Å². The van der Waals surface area contributed by atoms with Gasteiger partial charge in [0, 0.05) is 10.7 Å². The Hall–Kier alpha value is -0.400. The minimum atomic E-state index is -4.07. The molecule has 3 nitrogen and oxygen atoms in total. The molecular weight excluding hydrogens is 317 g/mol. The first-order chi connectivity index (χ1) is 6.72. The third-order valence-corrected chi connectivity index (χ3v) is 3.12. The Balaban J connectivity index is 3.40. The first kappa shape index (κ1) is 12.7. The minimum Gasteiger partial charge on any atom is -0.506 e. The predicted molar refractivity (Wildman–Crippen MR) is 54.2 cm³/mol. The van der Waals surface area contributed by atoms with Crippen LogP contribution in [-0.4, -0.2) is 13.5 Å². The van der Waals surface area contributed by atoms with Gasteiger partial charge in [0.1, 0.15) is 5.75 Å². The molecule has 0 fully saturated rings. The molecule has 1 aromatic carbocycles. The van der Waals surface area contributed by atoms with Gasteiger partial charge < -0.3 is 5.11 Å². The van der Waals surface area contributed by atoms with Crippen molar-refractivity contribution in [1.82, 2.24) is 0 Å². The third-order valence-electron chi connectivity index (χ3n) is 1.56. The average Bonchev–Trinajstić information content (AvgIpc) is 2.08. The third kappa shape index (κ3) is 3.02. The fraction of sp³-hybridized carbons (Fsp3) is 0.143. The summed E-state index contributed by atoms with van der Waals surface area (Å²) in [5.41, 5.74) is -0.697. The minimum absolute atomic E-state index is 0.142. The highest BCUT2D eigenvalue weighted by Gasteiger charge is 2.21. The summed E-state index contributed by atoms with van der Waals surface area (Å²) in [5.74, 6) is -4.36. The Morgan fingerprint density at radius 2 is 2.00 bits per heavy atom. The Kier molecular flexibility index (Phi) is 3.57. The molecule has 0 unspecified atom stereocenters. The van der Waals surface area contributed by atoms with Crippen molar-refractivity contribution < 1.29 is 22.3 Å². The summed E-state index contributed by atoms with van der Waals surface area (Å²) in [6, 6.07) is 0.690. The van der Waals surface area contributed by atoms with Gasteiger partial charge in [0.25, 0.3) is 0 Å². The molecule has 84 valence electrons. The van der Waals surface area contributed by atoms with E-state index in [0.717, 1.165) is 0 Å². The van der Waals surface area contributed by atoms with Crippen LogP contribution in [0.1, 0.15) is 5.56 Å². The molecule has 0 spiro atoms. The second kappa shape index (κ2) is 4.23. The summed E-state index contributed by atoms with van der Waals surface area (Å²) < 4.78 is 47.1. The fourth-order valence-corrected chi connectivity index (χ4v) is 2.32. The maximum absolute atomic E-state index is 13.1. The first-order valence-corrected chi connectivity index (χ1v) is 6.77. The van der Waals surface area contributed by atoms with Crippen LogP contribution in [0.5, 0.6) is 5.75 Å². The molecule has 1 rings (SSSR count). The molecule has 0 aromatic heterocycles. The number of rotatable bonds is 2. The van der Waals surface area contributed by atoms with Gasteiger partial charge in [-0.25, -0.2) is 17.2 Å². The van der Waals surface area contributed by atoms with Gasteiger partial charge >= 0.3 is 0 Å². The highest BCUT2D eigenvalue weighted by atomic mass is 79.9. The number of halogens is 4. The van der Waals surface area contributed by atoms with Gasteiger partial charge in [0.05, 0.1) is 15.8 Å². The van der Waals surface area contributed by atoms with Crippen LogP contribution in [0.2, 0.25) is 0 Å². The highest BCUT2D eigenvalue weighted by Crippen LogP contribution is 2.33. The summed E-state index contributed by atoms with van der Waals surface area (Å²) in [6.07, 6.45) is 0. The van der Waals surface area contributed by atoms with Crippen LogP contribution in [0.3, 0.4) is 0 Å². The van der Waals surface area contributed by atoms with Crippen molar-refractivity contribution >= 4 is 35.7 Å². The van der Waals surface area contributed by atoms with E-state index in [4.69, 9.17) is 10.7 Å². The topological polar surface area (TPSA) is 54.4 Å². The largest absolute Gasteiger partial charge is 0.506 e. The van der Waals surface area contributed by atoms with Crippen LogP contribution >= 0.6 is 26.6 Å². The molecule has 8 heteroatoms. The number of hydrogen-bond donors (Lipinski definition) is 1. The van der Waals surface area contributed by atoms with Crippen LogP contribution in [0, 0.1) is 11.6 Å². The van der Waals surface area contributed by atoms with Crippen LogP contribution in [-0.2, 0) is 14.8 Å². The molecule has 0 atom stereocenters. The van der Waals surface area contributed by atoms with Crippen LogP contribution < -0.4 is 0 Å². The Labute approximate surface area is 97.2 Å². The molecule has 0 aliphatic carbocycles. The van der Waals surface area contributed by atoms with Crippen molar-refractivity contribution in [3.63, 3.8) is 0 Å². The predicted octanol–water partition coefficient (Wildman–Crippen LogP) is 2.50. The summed E-state index contributed by atoms with van der Waals surface area (Å²) in [4.78, 5) is 0. The molecular formula is C7H4BrClF2O3S. The van der Waals surface area contributed by atoms with E-state index >= 15 is 0 Å². The lowest BCUT2D eigenvalue weighted by Crippen LogP contribution is -2.01. The summed E-state index contributed by atoms with van der Waals surface area (Å²) in [5, 5.41) is 9.29. The van der Waals surface area contributed by atoms with Crippen molar-refractivity contribution in [1.29, 1.82) is 0 Å². The molecule has 0 aliphatic rings. The summed E-state index contributed by atoms with van der Waals surface area (Å²) in [6.45, 7) is 0. The molecule has 1 aromatic rings. The molecule has 0 aliphatic heterocycles. The van der Waals surface area contributed by atoms with E-state index in [2.05, 4.69) is 15.9 Å². The van der Waals surface area contributed by atoms with E-state index in [0.29, 0.717) is 6.07 Å². The maximum Gasteiger partial charge on any atom is 0.237 e. The lowest BCUT2D eigenvalue weighted by atomic mass is 10.2. The SMILES string of the molecule is O=S(=O)(Cl)Cc1c(O)c(Br)cc(F)c1F. The monoisotopic (exact) mass is 320 g/mol. The van der Waals surface area contributed by atoms with E-state index in [1.165, 1.54) is 0 Å². The smallest absolute Gasteiger partial charge is 0.237 e. The van der Waals surface area contributed by atoms with E-state index in [1.54, 1.807) is 0 Å². The van der Waals surface area contributed by atoms with Gasteiger partial charge in [-0.3, -0.25) is 0 Å². The van der Waals surface area contributed by atoms with Crippen molar-refractivity contribution in [2.24, 2.45) is 0 Å². The molecule has 0 amide bonds. The molecule has 15 heavy (non-hydrogen) atoms. The zero-order valence-electron chi connectivity index (χ0n) is 6.97. The number of hydrogen-bond acceptors (Lipinski definition) is 3. The number of aromatic hydroxyl groups is 1. The average molecular weight is 322 g/mol. The Bertz CT molecular complexity index is 477. The lowest BCUT2D eigenvalue weighted by molar-refractivity contribution is 0.441. The number of phenolic OH excluding ortho intramolecular Hbond substituents is 1. The Morgan fingerprint density at radius 3 is 2.47 bits per heavy atom. The van der Waals surface area contributed by atoms with E-state index in [-0.39, 0.29) is 4.47 Å². The van der Waals surface area contributed by atoms with Gasteiger partial charge in [-0.2, -0.15) is 0 Å². The van der Waals surface area contributed by atoms with Crippen molar-refractivity contribution in [2.75, 3.05) is 0 Å². The lowest BCUT2D eigenvalue weighted by Gasteiger charge is -2.06. The first-order valence-electron chi connectivity index (χ1n) is 3.50. The zero-order chi connectivity index (χ0) is 11.8. The zero-order valence-corrected chi connectivity index (χ0v) is 10.1. The van der Waals surface area contributed by atoms with Crippen molar-refractivity contribution in [2.45, 2.75) is 5.75 Å². The van der Waals surface area contributed by atoms with Crippen molar-refractivity contribution in [3.05, 3.63) is 27.7 Å². The highest BCUT2D eigenvalue weighted by molar-refractivity contribution is 9.10. The van der Waals surface area contributed by atoms with Crippen LogP contribution in [0.4, 0.5) is 8.78 Å². The normalized spacial score (nSPS) is 11.7. The van der Waals surface area contributed by atoms with E-state index < -0.39 is 37.8 Å². The summed E-state index contributed by atoms with van der Waals surface area (Å²) >= 11 is 2.74. The summed E-state index contributed by atoms with van der Waals surface area (Å²) in [7, 11) is 0.802. The molecule has 0 bridgehead atoms. The molecule has 0 saturated carbocycles. The van der Waals surface area contributed by atoms with Gasteiger partial charge in [0.2, 0.25) is 9.05 Å². The number of benzene rings is 1. The van der Waals surface area contributed by atoms with Gasteiger partial charge in [-0.1, -0.05) is 0 Å². The second-order valence-corrected chi connectivity index (χ2v) is 6.30. The quantitative estimate of drug-likeness (QED) is 0.672. The Morgan fingerprint density at radius 1 is 1.47 bits per heavy atom. The van der Waals surface area contributed by atoms with Crippen LogP contribution in [0.15, 0.2) is 10.5 Å². The van der Waals surface area contributed by atoms with Crippen LogP contribution in [0.25, 0.3) is 0 Å². The van der Waals surface area contributed by atoms with Gasteiger partial charge in [-0.15, -0.1) is 0 Å². The van der Waals surface area contributed by atoms with E-state index in [1.807, 2.05) is 0 Å². The molecule has 0 radical (unpaired) electrons. The maximum atomic E-state index is 13.1. The second-order valence-electron chi connectivity index (χ2n) is 2.66. The fourth-order valence-electron chi connectivity index (χ4n) is 0.939. The standard InChI is InChI=1S/C7H4BrClF2O3S/c8-4-1-5(10)6(11)3(7(4)12)2-15(9,13)14/h1,12H,2H2. The van der Waals surface area contributed by atoms with Crippen molar-refractivity contribution in [3.8, 4) is 5.75 Å². The van der Waals surface area contributed by atoms with E-state index in [9.17, 15) is 22.3 Å². The molecule has 0 saturated heterocycles. The molecule has 0 heterocycles.